The molecule has 2 amide bonds. The molecule has 0 aromatic heterocycles. The highest BCUT2D eigenvalue weighted by Gasteiger charge is 2.31. The molecule has 9 heteroatoms. The summed E-state index contributed by atoms with van der Waals surface area (Å²) in [5.41, 5.74) is 1.18. The molecule has 1 aliphatic heterocycles. The van der Waals surface area contributed by atoms with Gasteiger partial charge in [-0.15, -0.1) is 13.2 Å². The van der Waals surface area contributed by atoms with E-state index < -0.39 is 18.0 Å². The second-order valence-corrected chi connectivity index (χ2v) is 6.48. The summed E-state index contributed by atoms with van der Waals surface area (Å²) in [5, 5.41) is 2.67. The molecule has 1 atom stereocenters. The van der Waals surface area contributed by atoms with Crippen LogP contribution in [0.25, 0.3) is 0 Å². The zero-order valence-electron chi connectivity index (χ0n) is 15.3. The molecule has 0 radical (unpaired) electrons. The smallest absolute Gasteiger partial charge is 0.406 e. The van der Waals surface area contributed by atoms with E-state index >= 15 is 0 Å². The zero-order valence-corrected chi connectivity index (χ0v) is 15.3. The highest BCUT2D eigenvalue weighted by atomic mass is 19.4. The van der Waals surface area contributed by atoms with E-state index in [9.17, 15) is 22.8 Å². The molecule has 1 saturated heterocycles. The van der Waals surface area contributed by atoms with Gasteiger partial charge in [-0.05, 0) is 29.8 Å². The Bertz CT molecular complexity index is 841. The highest BCUT2D eigenvalue weighted by molar-refractivity contribution is 5.94. The lowest BCUT2D eigenvalue weighted by Crippen LogP contribution is -2.50. The van der Waals surface area contributed by atoms with Crippen molar-refractivity contribution in [3.05, 3.63) is 65.7 Å². The van der Waals surface area contributed by atoms with Crippen LogP contribution in [-0.4, -0.2) is 48.9 Å². The van der Waals surface area contributed by atoms with Crippen LogP contribution in [0.1, 0.15) is 15.9 Å². The number of ether oxygens (including phenoxy) is 2. The van der Waals surface area contributed by atoms with Gasteiger partial charge in [-0.3, -0.25) is 9.59 Å². The maximum absolute atomic E-state index is 12.2. The van der Waals surface area contributed by atoms with Gasteiger partial charge in [0.15, 0.2) is 0 Å². The van der Waals surface area contributed by atoms with Crippen LogP contribution in [0.15, 0.2) is 54.6 Å². The highest BCUT2D eigenvalue weighted by Crippen LogP contribution is 2.22. The van der Waals surface area contributed by atoms with Crippen molar-refractivity contribution in [3.63, 3.8) is 0 Å². The third-order valence-corrected chi connectivity index (χ3v) is 4.28. The van der Waals surface area contributed by atoms with E-state index in [1.54, 1.807) is 4.90 Å². The molecule has 1 N–H and O–H groups in total. The minimum Gasteiger partial charge on any atom is -0.406 e. The van der Waals surface area contributed by atoms with Gasteiger partial charge in [0.1, 0.15) is 12.4 Å². The molecule has 154 valence electrons. The van der Waals surface area contributed by atoms with Crippen LogP contribution in [-0.2, 0) is 16.1 Å². The van der Waals surface area contributed by atoms with Gasteiger partial charge in [-0.25, -0.2) is 0 Å². The van der Waals surface area contributed by atoms with Crippen molar-refractivity contribution in [1.82, 2.24) is 10.2 Å². The minimum absolute atomic E-state index is 0.0726. The van der Waals surface area contributed by atoms with Crippen LogP contribution in [0.5, 0.6) is 5.75 Å². The van der Waals surface area contributed by atoms with E-state index in [4.69, 9.17) is 4.74 Å². The Balaban J connectivity index is 1.51. The first-order chi connectivity index (χ1) is 13.8. The maximum Gasteiger partial charge on any atom is 0.573 e. The molecular weight excluding hydrogens is 389 g/mol. The molecule has 0 aliphatic carbocycles. The number of amides is 2. The lowest BCUT2D eigenvalue weighted by molar-refractivity contribution is -0.274. The topological polar surface area (TPSA) is 67.9 Å². The summed E-state index contributed by atoms with van der Waals surface area (Å²) < 4.78 is 45.8. The lowest BCUT2D eigenvalue weighted by atomic mass is 10.1. The molecule has 1 unspecified atom stereocenters. The molecule has 0 spiro atoms. The summed E-state index contributed by atoms with van der Waals surface area (Å²) in [6, 6.07) is 14.1. The number of carbonyl (C=O) groups is 2. The number of nitrogens with zero attached hydrogens (tertiary/aromatic N) is 1. The average molecular weight is 408 g/mol. The fraction of sp³-hybridized carbons (Fsp3) is 0.300. The van der Waals surface area contributed by atoms with E-state index in [1.807, 2.05) is 30.3 Å². The van der Waals surface area contributed by atoms with E-state index in [0.29, 0.717) is 13.1 Å². The van der Waals surface area contributed by atoms with Gasteiger partial charge in [0.2, 0.25) is 5.91 Å². The van der Waals surface area contributed by atoms with Gasteiger partial charge in [-0.2, -0.15) is 0 Å². The molecule has 1 fully saturated rings. The van der Waals surface area contributed by atoms with Crippen LogP contribution in [0.3, 0.4) is 0 Å². The summed E-state index contributed by atoms with van der Waals surface area (Å²) in [7, 11) is 0. The van der Waals surface area contributed by atoms with Gasteiger partial charge in [0.05, 0.1) is 6.10 Å². The molecule has 2 aromatic rings. The van der Waals surface area contributed by atoms with Crippen molar-refractivity contribution >= 4 is 11.8 Å². The van der Waals surface area contributed by atoms with Crippen LogP contribution in [0.4, 0.5) is 13.2 Å². The van der Waals surface area contributed by atoms with Crippen molar-refractivity contribution in [2.75, 3.05) is 19.7 Å². The summed E-state index contributed by atoms with van der Waals surface area (Å²) >= 11 is 0. The number of hydrogen-bond donors (Lipinski definition) is 1. The molecule has 1 heterocycles. The van der Waals surface area contributed by atoms with Gasteiger partial charge >= 0.3 is 6.36 Å². The SMILES string of the molecule is O=C(NCC1CN(Cc2ccccc2)C(=O)CO1)c1ccc(OC(F)(F)F)cc1. The molecule has 1 aliphatic rings. The minimum atomic E-state index is -4.79. The first-order valence-electron chi connectivity index (χ1n) is 8.87. The van der Waals surface area contributed by atoms with Crippen LogP contribution in [0, 0.1) is 0 Å². The summed E-state index contributed by atoms with van der Waals surface area (Å²) in [6.45, 7) is 0.871. The van der Waals surface area contributed by atoms with Crippen LogP contribution in [0.2, 0.25) is 0 Å². The van der Waals surface area contributed by atoms with E-state index in [-0.39, 0.29) is 30.7 Å². The molecule has 0 bridgehead atoms. The van der Waals surface area contributed by atoms with E-state index in [2.05, 4.69) is 10.1 Å². The quantitative estimate of drug-likeness (QED) is 0.798. The molecule has 0 saturated carbocycles. The number of rotatable bonds is 6. The molecule has 3 rings (SSSR count). The Morgan fingerprint density at radius 1 is 1.14 bits per heavy atom. The fourth-order valence-corrected chi connectivity index (χ4v) is 2.88. The van der Waals surface area contributed by atoms with Crippen molar-refractivity contribution in [2.45, 2.75) is 19.0 Å². The maximum atomic E-state index is 12.2. The number of morpholine rings is 1. The first-order valence-corrected chi connectivity index (χ1v) is 8.87. The number of halogens is 3. The number of alkyl halides is 3. The second kappa shape index (κ2) is 8.95. The Morgan fingerprint density at radius 3 is 2.48 bits per heavy atom. The first kappa shape index (κ1) is 20.7. The van der Waals surface area contributed by atoms with Crippen molar-refractivity contribution in [2.24, 2.45) is 0 Å². The third kappa shape index (κ3) is 6.21. The van der Waals surface area contributed by atoms with Crippen molar-refractivity contribution in [1.29, 1.82) is 0 Å². The Morgan fingerprint density at radius 2 is 1.83 bits per heavy atom. The molecule has 6 nitrogen and oxygen atoms in total. The average Bonchev–Trinajstić information content (AvgIpc) is 2.68. The largest absolute Gasteiger partial charge is 0.573 e. The van der Waals surface area contributed by atoms with Gasteiger partial charge in [0.25, 0.3) is 5.91 Å². The molecule has 2 aromatic carbocycles. The Kier molecular flexibility index (Phi) is 6.38. The summed E-state index contributed by atoms with van der Waals surface area (Å²) in [6.07, 6.45) is -5.17. The number of hydrogen-bond acceptors (Lipinski definition) is 4. The summed E-state index contributed by atoms with van der Waals surface area (Å²) in [5.74, 6) is -0.991. The monoisotopic (exact) mass is 408 g/mol. The van der Waals surface area contributed by atoms with Crippen molar-refractivity contribution < 1.29 is 32.2 Å². The fourth-order valence-electron chi connectivity index (χ4n) is 2.88. The third-order valence-electron chi connectivity index (χ3n) is 4.28. The van der Waals surface area contributed by atoms with Crippen molar-refractivity contribution in [3.8, 4) is 5.75 Å². The Labute approximate surface area is 165 Å². The molecular formula is C20H19F3N2O4. The van der Waals surface area contributed by atoms with Gasteiger partial charge in [0, 0.05) is 25.2 Å². The zero-order chi connectivity index (χ0) is 20.9. The number of nitrogens with one attached hydrogen (secondary N) is 1. The second-order valence-electron chi connectivity index (χ2n) is 6.48. The standard InChI is InChI=1S/C20H19F3N2O4/c21-20(22,23)29-16-8-6-15(7-9-16)19(27)24-10-17-12-25(18(26)13-28-17)11-14-4-2-1-3-5-14/h1-9,17H,10-13H2,(H,24,27). The Hall–Kier alpha value is -3.07. The van der Waals surface area contributed by atoms with Gasteiger partial charge in [-0.1, -0.05) is 30.3 Å². The normalized spacial score (nSPS) is 17.1. The van der Waals surface area contributed by atoms with Crippen LogP contribution < -0.4 is 10.1 Å². The predicted molar refractivity (Wildman–Crippen MR) is 97.1 cm³/mol. The van der Waals surface area contributed by atoms with E-state index in [1.165, 1.54) is 12.1 Å². The lowest BCUT2D eigenvalue weighted by Gasteiger charge is -2.33. The van der Waals surface area contributed by atoms with Gasteiger partial charge < -0.3 is 19.7 Å². The molecule has 29 heavy (non-hydrogen) atoms. The van der Waals surface area contributed by atoms with E-state index in [0.717, 1.165) is 17.7 Å². The number of carbonyl (C=O) groups excluding carboxylic acids is 2. The summed E-state index contributed by atoms with van der Waals surface area (Å²) in [4.78, 5) is 25.9. The predicted octanol–water partition coefficient (Wildman–Crippen LogP) is 2.74. The number of benzene rings is 2. The van der Waals surface area contributed by atoms with Crippen LogP contribution >= 0.6 is 0 Å².